The number of carbonyl (C=O) groups excluding carboxylic acids is 2. The van der Waals surface area contributed by atoms with Crippen LogP contribution in [0.2, 0.25) is 0 Å². The number of ether oxygens (including phenoxy) is 1. The van der Waals surface area contributed by atoms with Gasteiger partial charge in [-0.25, -0.2) is 8.42 Å². The zero-order valence-electron chi connectivity index (χ0n) is 23.4. The molecule has 0 radical (unpaired) electrons. The Balaban J connectivity index is 2.01. The zero-order valence-corrected chi connectivity index (χ0v) is 25.8. The highest BCUT2D eigenvalue weighted by Crippen LogP contribution is 2.26. The molecule has 0 heterocycles. The van der Waals surface area contributed by atoms with Crippen molar-refractivity contribution in [3.63, 3.8) is 0 Å². The van der Waals surface area contributed by atoms with Gasteiger partial charge in [-0.3, -0.25) is 13.9 Å². The molecule has 3 rings (SSSR count). The van der Waals surface area contributed by atoms with Crippen LogP contribution in [-0.2, 0) is 26.2 Å². The van der Waals surface area contributed by atoms with E-state index in [-0.39, 0.29) is 23.4 Å². The van der Waals surface area contributed by atoms with Gasteiger partial charge in [0.2, 0.25) is 11.8 Å². The number of nitrogens with one attached hydrogen (secondary N) is 1. The lowest BCUT2D eigenvalue weighted by Crippen LogP contribution is -2.52. The maximum absolute atomic E-state index is 14.0. The summed E-state index contributed by atoms with van der Waals surface area (Å²) in [6.07, 6.45) is 0.737. The van der Waals surface area contributed by atoms with E-state index in [0.29, 0.717) is 11.4 Å². The maximum Gasteiger partial charge on any atom is 0.264 e. The quantitative estimate of drug-likeness (QED) is 0.294. The van der Waals surface area contributed by atoms with Crippen LogP contribution in [0.1, 0.15) is 38.3 Å². The number of carbonyl (C=O) groups is 2. The van der Waals surface area contributed by atoms with Gasteiger partial charge >= 0.3 is 0 Å². The summed E-state index contributed by atoms with van der Waals surface area (Å²) in [4.78, 5) is 28.5. The molecule has 0 aliphatic rings. The topological polar surface area (TPSA) is 96.0 Å². The first-order valence-corrected chi connectivity index (χ1v) is 15.3. The van der Waals surface area contributed by atoms with Gasteiger partial charge in [0.25, 0.3) is 10.0 Å². The highest BCUT2D eigenvalue weighted by Gasteiger charge is 2.32. The van der Waals surface area contributed by atoms with Gasteiger partial charge in [-0.05, 0) is 81.3 Å². The second-order valence-corrected chi connectivity index (χ2v) is 12.4. The van der Waals surface area contributed by atoms with Crippen molar-refractivity contribution in [3.8, 4) is 5.75 Å². The molecule has 3 aromatic rings. The standard InChI is InChI=1S/C30H36BrN3O5S/c1-6-22(3)32-30(36)23(4)33(19-24-9-11-25(31)12-10-24)29(35)20-34(26-13-7-21(2)8-14-26)40(37,38)28-17-15-27(39-5)16-18-28/h7-18,22-23H,6,19-20H2,1-5H3,(H,32,36)/t22-,23+/m0/s1. The first-order valence-electron chi connectivity index (χ1n) is 13.0. The van der Waals surface area contributed by atoms with Crippen LogP contribution in [0.5, 0.6) is 5.75 Å². The van der Waals surface area contributed by atoms with Crippen LogP contribution in [0.3, 0.4) is 0 Å². The van der Waals surface area contributed by atoms with Gasteiger partial charge in [-0.2, -0.15) is 0 Å². The van der Waals surface area contributed by atoms with Gasteiger partial charge in [0.05, 0.1) is 17.7 Å². The van der Waals surface area contributed by atoms with Crippen molar-refractivity contribution in [3.05, 3.63) is 88.4 Å². The van der Waals surface area contributed by atoms with Gasteiger partial charge in [-0.15, -0.1) is 0 Å². The molecule has 1 N–H and O–H groups in total. The van der Waals surface area contributed by atoms with E-state index in [4.69, 9.17) is 4.74 Å². The Morgan fingerprint density at radius 1 is 0.950 bits per heavy atom. The third kappa shape index (κ3) is 7.85. The number of amides is 2. The maximum atomic E-state index is 14.0. The highest BCUT2D eigenvalue weighted by molar-refractivity contribution is 9.10. The molecule has 0 saturated heterocycles. The van der Waals surface area contributed by atoms with Crippen LogP contribution < -0.4 is 14.4 Å². The predicted octanol–water partition coefficient (Wildman–Crippen LogP) is 5.29. The summed E-state index contributed by atoms with van der Waals surface area (Å²) >= 11 is 3.42. The number of methoxy groups -OCH3 is 1. The van der Waals surface area contributed by atoms with Gasteiger partial charge in [0.1, 0.15) is 18.3 Å². The van der Waals surface area contributed by atoms with Crippen molar-refractivity contribution in [1.29, 1.82) is 0 Å². The van der Waals surface area contributed by atoms with Gasteiger partial charge in [-0.1, -0.05) is 52.7 Å². The molecule has 2 atom stereocenters. The average Bonchev–Trinajstić information content (AvgIpc) is 2.95. The second-order valence-electron chi connectivity index (χ2n) is 9.66. The number of halogens is 1. The minimum absolute atomic E-state index is 0.0173. The number of benzene rings is 3. The lowest BCUT2D eigenvalue weighted by molar-refractivity contribution is -0.139. The third-order valence-electron chi connectivity index (χ3n) is 6.68. The summed E-state index contributed by atoms with van der Waals surface area (Å²) in [6.45, 7) is 7.05. The van der Waals surface area contributed by atoms with Crippen molar-refractivity contribution in [2.45, 2.75) is 57.6 Å². The minimum atomic E-state index is -4.14. The lowest BCUT2D eigenvalue weighted by atomic mass is 10.1. The molecule has 8 nitrogen and oxygen atoms in total. The fourth-order valence-corrected chi connectivity index (χ4v) is 5.63. The second kappa shape index (κ2) is 13.8. The summed E-state index contributed by atoms with van der Waals surface area (Å²) in [7, 11) is -2.65. The molecule has 0 unspecified atom stereocenters. The molecule has 3 aromatic carbocycles. The van der Waals surface area contributed by atoms with E-state index in [0.717, 1.165) is 26.3 Å². The normalized spacial score (nSPS) is 12.8. The van der Waals surface area contributed by atoms with E-state index in [2.05, 4.69) is 21.2 Å². The third-order valence-corrected chi connectivity index (χ3v) is 9.00. The van der Waals surface area contributed by atoms with E-state index in [9.17, 15) is 18.0 Å². The van der Waals surface area contributed by atoms with Crippen molar-refractivity contribution >= 4 is 43.5 Å². The molecular formula is C30H36BrN3O5S. The van der Waals surface area contributed by atoms with Crippen LogP contribution in [0.25, 0.3) is 0 Å². The van der Waals surface area contributed by atoms with Crippen LogP contribution in [0, 0.1) is 6.92 Å². The minimum Gasteiger partial charge on any atom is -0.497 e. The zero-order chi connectivity index (χ0) is 29.4. The first-order chi connectivity index (χ1) is 19.0. The van der Waals surface area contributed by atoms with Crippen molar-refractivity contribution in [2.75, 3.05) is 18.0 Å². The van der Waals surface area contributed by atoms with E-state index >= 15 is 0 Å². The lowest BCUT2D eigenvalue weighted by Gasteiger charge is -2.32. The molecule has 0 bridgehead atoms. The summed E-state index contributed by atoms with van der Waals surface area (Å²) in [5.74, 6) is -0.300. The highest BCUT2D eigenvalue weighted by atomic mass is 79.9. The Morgan fingerprint density at radius 2 is 1.55 bits per heavy atom. The predicted molar refractivity (Wildman–Crippen MR) is 161 cm³/mol. The number of aryl methyl sites for hydroxylation is 1. The molecule has 0 spiro atoms. The first kappa shape index (κ1) is 31.2. The van der Waals surface area contributed by atoms with Crippen LogP contribution in [0.4, 0.5) is 5.69 Å². The molecule has 0 fully saturated rings. The van der Waals surface area contributed by atoms with Gasteiger partial charge in [0.15, 0.2) is 0 Å². The molecule has 0 aliphatic carbocycles. The number of hydrogen-bond donors (Lipinski definition) is 1. The monoisotopic (exact) mass is 629 g/mol. The summed E-state index contributed by atoms with van der Waals surface area (Å²) in [5.41, 5.74) is 2.10. The molecule has 0 saturated carbocycles. The van der Waals surface area contributed by atoms with Gasteiger partial charge in [0, 0.05) is 17.1 Å². The number of nitrogens with zero attached hydrogens (tertiary/aromatic N) is 2. The van der Waals surface area contributed by atoms with E-state index < -0.39 is 28.5 Å². The van der Waals surface area contributed by atoms with E-state index in [1.807, 2.05) is 45.0 Å². The number of rotatable bonds is 12. The summed E-state index contributed by atoms with van der Waals surface area (Å²) < 4.78 is 34.9. The SMILES string of the molecule is CC[C@H](C)NC(=O)[C@@H](C)N(Cc1ccc(Br)cc1)C(=O)CN(c1ccc(C)cc1)S(=O)(=O)c1ccc(OC)cc1. The Labute approximate surface area is 245 Å². The fraction of sp³-hybridized carbons (Fsp3) is 0.333. The van der Waals surface area contributed by atoms with Crippen molar-refractivity contribution in [2.24, 2.45) is 0 Å². The smallest absolute Gasteiger partial charge is 0.264 e. The Kier molecular flexibility index (Phi) is 10.8. The van der Waals surface area contributed by atoms with Crippen LogP contribution in [-0.4, -0.2) is 50.9 Å². The van der Waals surface area contributed by atoms with E-state index in [1.165, 1.54) is 24.1 Å². The summed E-state index contributed by atoms with van der Waals surface area (Å²) in [5, 5.41) is 2.93. The molecular weight excluding hydrogens is 594 g/mol. The summed E-state index contributed by atoms with van der Waals surface area (Å²) in [6, 6.07) is 19.4. The van der Waals surface area contributed by atoms with Crippen LogP contribution in [0.15, 0.2) is 82.2 Å². The van der Waals surface area contributed by atoms with Crippen molar-refractivity contribution < 1.29 is 22.7 Å². The average molecular weight is 631 g/mol. The largest absolute Gasteiger partial charge is 0.497 e. The Hall–Kier alpha value is -3.37. The Morgan fingerprint density at radius 3 is 2.10 bits per heavy atom. The molecule has 40 heavy (non-hydrogen) atoms. The molecule has 10 heteroatoms. The number of hydrogen-bond acceptors (Lipinski definition) is 5. The Bertz CT molecular complexity index is 1390. The van der Waals surface area contributed by atoms with Crippen LogP contribution >= 0.6 is 15.9 Å². The van der Waals surface area contributed by atoms with E-state index in [1.54, 1.807) is 43.3 Å². The number of sulfonamides is 1. The van der Waals surface area contributed by atoms with Crippen molar-refractivity contribution in [1.82, 2.24) is 10.2 Å². The molecule has 0 aromatic heterocycles. The van der Waals surface area contributed by atoms with Gasteiger partial charge < -0.3 is 15.0 Å². The molecule has 0 aliphatic heterocycles. The molecule has 2 amide bonds. The fourth-order valence-electron chi connectivity index (χ4n) is 3.95. The number of anilines is 1. The molecule has 214 valence electrons.